The number of likely N-dealkylation sites (tertiary alicyclic amines) is 1. The molecule has 1 heterocycles. The van der Waals surface area contributed by atoms with Gasteiger partial charge in [0.25, 0.3) is 0 Å². The molecule has 0 amide bonds. The van der Waals surface area contributed by atoms with Crippen LogP contribution in [0.3, 0.4) is 0 Å². The predicted molar refractivity (Wildman–Crippen MR) is 83.2 cm³/mol. The lowest BCUT2D eigenvalue weighted by Gasteiger charge is -2.36. The minimum atomic E-state index is 0.0591. The monoisotopic (exact) mass is 294 g/mol. The van der Waals surface area contributed by atoms with E-state index in [9.17, 15) is 5.11 Å². The van der Waals surface area contributed by atoms with Crippen LogP contribution in [-0.4, -0.2) is 62.4 Å². The van der Waals surface area contributed by atoms with E-state index < -0.39 is 0 Å². The highest BCUT2D eigenvalue weighted by atomic mass is 16.5. The average Bonchev–Trinajstić information content (AvgIpc) is 2.48. The molecule has 1 N–H and O–H groups in total. The lowest BCUT2D eigenvalue weighted by atomic mass is 10.0. The zero-order chi connectivity index (χ0) is 15.4. The summed E-state index contributed by atoms with van der Waals surface area (Å²) in [6.07, 6.45) is 2.47. The van der Waals surface area contributed by atoms with Gasteiger partial charge in [-0.15, -0.1) is 0 Å². The van der Waals surface area contributed by atoms with Crippen molar-refractivity contribution in [3.8, 4) is 17.2 Å². The average molecular weight is 294 g/mol. The van der Waals surface area contributed by atoms with Crippen LogP contribution in [0.15, 0.2) is 12.1 Å². The maximum atomic E-state index is 9.96. The molecule has 5 nitrogen and oxygen atoms in total. The standard InChI is InChI=1S/C16H26N2O3/c1-17-7-5-6-13(11-17)18(2)10-12-8-14(20-3)16(19)15(9-12)21-4/h8-9,13,19H,5-7,10-11H2,1-4H3. The van der Waals surface area contributed by atoms with Gasteiger partial charge in [-0.25, -0.2) is 0 Å². The molecule has 1 saturated heterocycles. The highest BCUT2D eigenvalue weighted by molar-refractivity contribution is 5.52. The predicted octanol–water partition coefficient (Wildman–Crippen LogP) is 1.94. The minimum Gasteiger partial charge on any atom is -0.502 e. The molecule has 0 radical (unpaired) electrons. The molecule has 0 saturated carbocycles. The zero-order valence-corrected chi connectivity index (χ0v) is 13.4. The van der Waals surface area contributed by atoms with Crippen LogP contribution in [0.1, 0.15) is 18.4 Å². The third-order valence-corrected chi connectivity index (χ3v) is 4.19. The maximum Gasteiger partial charge on any atom is 0.200 e. The molecular weight excluding hydrogens is 268 g/mol. The summed E-state index contributed by atoms with van der Waals surface area (Å²) in [7, 11) is 7.43. The van der Waals surface area contributed by atoms with Gasteiger partial charge in [-0.05, 0) is 51.2 Å². The van der Waals surface area contributed by atoms with Crippen LogP contribution in [0.5, 0.6) is 17.2 Å². The molecule has 1 aliphatic rings. The molecule has 118 valence electrons. The van der Waals surface area contributed by atoms with E-state index in [1.807, 2.05) is 12.1 Å². The van der Waals surface area contributed by atoms with Crippen molar-refractivity contribution in [1.82, 2.24) is 9.80 Å². The third kappa shape index (κ3) is 3.80. The highest BCUT2D eigenvalue weighted by Crippen LogP contribution is 2.37. The Hall–Kier alpha value is -1.46. The van der Waals surface area contributed by atoms with Crippen molar-refractivity contribution < 1.29 is 14.6 Å². The maximum absolute atomic E-state index is 9.96. The molecule has 1 fully saturated rings. The lowest BCUT2D eigenvalue weighted by Crippen LogP contribution is -2.44. The van der Waals surface area contributed by atoms with Gasteiger partial charge in [-0.2, -0.15) is 0 Å². The number of rotatable bonds is 5. The highest BCUT2D eigenvalue weighted by Gasteiger charge is 2.21. The summed E-state index contributed by atoms with van der Waals surface area (Å²) in [6.45, 7) is 3.10. The number of benzene rings is 1. The molecule has 1 aromatic carbocycles. The fraction of sp³-hybridized carbons (Fsp3) is 0.625. The molecular formula is C16H26N2O3. The SMILES string of the molecule is COc1cc(CN(C)C2CCCN(C)C2)cc(OC)c1O. The Morgan fingerprint density at radius 2 is 1.90 bits per heavy atom. The van der Waals surface area contributed by atoms with Crippen LogP contribution >= 0.6 is 0 Å². The van der Waals surface area contributed by atoms with Gasteiger partial charge in [0.05, 0.1) is 14.2 Å². The van der Waals surface area contributed by atoms with E-state index in [0.717, 1.165) is 18.7 Å². The number of aromatic hydroxyl groups is 1. The van der Waals surface area contributed by atoms with Crippen LogP contribution in [0.25, 0.3) is 0 Å². The van der Waals surface area contributed by atoms with E-state index in [2.05, 4.69) is 23.9 Å². The third-order valence-electron chi connectivity index (χ3n) is 4.19. The Bertz CT molecular complexity index is 454. The zero-order valence-electron chi connectivity index (χ0n) is 13.4. The van der Waals surface area contributed by atoms with Crippen LogP contribution in [0.2, 0.25) is 0 Å². The number of hydrogen-bond donors (Lipinski definition) is 1. The lowest BCUT2D eigenvalue weighted by molar-refractivity contribution is 0.129. The Kier molecular flexibility index (Phi) is 5.31. The van der Waals surface area contributed by atoms with Crippen LogP contribution in [-0.2, 0) is 6.54 Å². The summed E-state index contributed by atoms with van der Waals surface area (Å²) in [5, 5.41) is 9.96. The molecule has 0 aliphatic carbocycles. The Labute approximate surface area is 127 Å². The molecule has 0 aromatic heterocycles. The van der Waals surface area contributed by atoms with E-state index in [0.29, 0.717) is 17.5 Å². The van der Waals surface area contributed by atoms with E-state index in [1.165, 1.54) is 19.4 Å². The first-order valence-electron chi connectivity index (χ1n) is 7.37. The molecule has 1 atom stereocenters. The first kappa shape index (κ1) is 15.9. The second-order valence-electron chi connectivity index (χ2n) is 5.82. The first-order valence-corrected chi connectivity index (χ1v) is 7.37. The van der Waals surface area contributed by atoms with E-state index in [-0.39, 0.29) is 5.75 Å². The first-order chi connectivity index (χ1) is 10.0. The van der Waals surface area contributed by atoms with Crippen LogP contribution in [0, 0.1) is 0 Å². The molecule has 0 bridgehead atoms. The van der Waals surface area contributed by atoms with Crippen molar-refractivity contribution in [2.24, 2.45) is 0 Å². The molecule has 0 spiro atoms. The van der Waals surface area contributed by atoms with Crippen LogP contribution in [0.4, 0.5) is 0 Å². The molecule has 1 aromatic rings. The number of phenols is 1. The molecule has 1 aliphatic heterocycles. The number of nitrogens with zero attached hydrogens (tertiary/aromatic N) is 2. The van der Waals surface area contributed by atoms with Gasteiger partial charge in [0.15, 0.2) is 11.5 Å². The number of ether oxygens (including phenoxy) is 2. The van der Waals surface area contributed by atoms with Crippen LogP contribution < -0.4 is 9.47 Å². The summed E-state index contributed by atoms with van der Waals surface area (Å²) in [5.41, 5.74) is 1.08. The van der Waals surface area contributed by atoms with Gasteiger partial charge >= 0.3 is 0 Å². The quantitative estimate of drug-likeness (QED) is 0.899. The number of phenolic OH excluding ortho intramolecular Hbond substituents is 1. The second-order valence-corrected chi connectivity index (χ2v) is 5.82. The fourth-order valence-corrected chi connectivity index (χ4v) is 2.96. The van der Waals surface area contributed by atoms with Crippen molar-refractivity contribution in [2.75, 3.05) is 41.4 Å². The Balaban J connectivity index is 2.11. The summed E-state index contributed by atoms with van der Waals surface area (Å²) in [5.74, 6) is 0.973. The fourth-order valence-electron chi connectivity index (χ4n) is 2.96. The number of likely N-dealkylation sites (N-methyl/N-ethyl adjacent to an activating group) is 2. The van der Waals surface area contributed by atoms with Crippen molar-refractivity contribution >= 4 is 0 Å². The normalized spacial score (nSPS) is 19.8. The van der Waals surface area contributed by atoms with Gasteiger partial charge in [0.1, 0.15) is 0 Å². The van der Waals surface area contributed by atoms with E-state index in [1.54, 1.807) is 14.2 Å². The van der Waals surface area contributed by atoms with Gasteiger partial charge in [-0.3, -0.25) is 4.90 Å². The molecule has 2 rings (SSSR count). The summed E-state index contributed by atoms with van der Waals surface area (Å²) < 4.78 is 10.4. The Morgan fingerprint density at radius 3 is 2.43 bits per heavy atom. The Morgan fingerprint density at radius 1 is 1.29 bits per heavy atom. The number of piperidine rings is 1. The summed E-state index contributed by atoms with van der Waals surface area (Å²) in [4.78, 5) is 4.74. The smallest absolute Gasteiger partial charge is 0.200 e. The second kappa shape index (κ2) is 7.00. The van der Waals surface area contributed by atoms with E-state index in [4.69, 9.17) is 9.47 Å². The van der Waals surface area contributed by atoms with Crippen molar-refractivity contribution in [2.45, 2.75) is 25.4 Å². The van der Waals surface area contributed by atoms with Crippen molar-refractivity contribution in [3.05, 3.63) is 17.7 Å². The summed E-state index contributed by atoms with van der Waals surface area (Å²) in [6, 6.07) is 4.32. The number of methoxy groups -OCH3 is 2. The number of hydrogen-bond acceptors (Lipinski definition) is 5. The van der Waals surface area contributed by atoms with Gasteiger partial charge < -0.3 is 19.5 Å². The largest absolute Gasteiger partial charge is 0.502 e. The molecule has 21 heavy (non-hydrogen) atoms. The van der Waals surface area contributed by atoms with Gasteiger partial charge in [-0.1, -0.05) is 0 Å². The van der Waals surface area contributed by atoms with Crippen molar-refractivity contribution in [3.63, 3.8) is 0 Å². The molecule has 1 unspecified atom stereocenters. The molecule has 5 heteroatoms. The summed E-state index contributed by atoms with van der Waals surface area (Å²) >= 11 is 0. The van der Waals surface area contributed by atoms with Gasteiger partial charge in [0.2, 0.25) is 5.75 Å². The van der Waals surface area contributed by atoms with Gasteiger partial charge in [0, 0.05) is 19.1 Å². The minimum absolute atomic E-state index is 0.0591. The van der Waals surface area contributed by atoms with E-state index >= 15 is 0 Å². The van der Waals surface area contributed by atoms with Crippen molar-refractivity contribution in [1.29, 1.82) is 0 Å². The topological polar surface area (TPSA) is 45.2 Å².